The topological polar surface area (TPSA) is 222 Å². The minimum atomic E-state index is -1.44. The average molecular weight is 642 g/mol. The van der Waals surface area contributed by atoms with Crippen molar-refractivity contribution in [1.82, 2.24) is 5.32 Å². The van der Waals surface area contributed by atoms with Crippen LogP contribution in [0.25, 0.3) is 0 Å². The van der Waals surface area contributed by atoms with E-state index in [1.54, 1.807) is 26.8 Å². The number of phenols is 2. The zero-order valence-electron chi connectivity index (χ0n) is 26.6. The molecule has 1 aliphatic carbocycles. The lowest BCUT2D eigenvalue weighted by molar-refractivity contribution is -0.115. The van der Waals surface area contributed by atoms with Gasteiger partial charge in [-0.3, -0.25) is 19.2 Å². The molecule has 8 N–H and O–H groups in total. The van der Waals surface area contributed by atoms with Crippen molar-refractivity contribution in [1.29, 1.82) is 0 Å². The molecule has 1 amide bonds. The molecule has 0 fully saturated rings. The largest absolute Gasteiger partial charge is 0.507 e. The summed E-state index contributed by atoms with van der Waals surface area (Å²) in [4.78, 5) is 53.1. The molecule has 1 unspecified atom stereocenters. The van der Waals surface area contributed by atoms with Gasteiger partial charge in [0, 0.05) is 47.3 Å². The zero-order chi connectivity index (χ0) is 34.8. The third-order valence-electron chi connectivity index (χ3n) is 9.18. The number of fused-ring (bicyclic) bond motifs is 15. The van der Waals surface area contributed by atoms with Crippen LogP contribution in [0.1, 0.15) is 71.3 Å². The van der Waals surface area contributed by atoms with E-state index in [-0.39, 0.29) is 11.1 Å². The second-order valence-corrected chi connectivity index (χ2v) is 12.4. The summed E-state index contributed by atoms with van der Waals surface area (Å²) in [5.74, 6) is -9.33. The lowest BCUT2D eigenvalue weighted by Gasteiger charge is -2.37. The lowest BCUT2D eigenvalue weighted by atomic mass is 9.76. The van der Waals surface area contributed by atoms with Crippen molar-refractivity contribution in [3.8, 4) is 11.5 Å². The predicted molar refractivity (Wildman–Crippen MR) is 167 cm³/mol. The Hall–Kier alpha value is -3.94. The van der Waals surface area contributed by atoms with Gasteiger partial charge in [0.1, 0.15) is 11.5 Å². The summed E-state index contributed by atoms with van der Waals surface area (Å²) < 4.78 is 0. The molecule has 46 heavy (non-hydrogen) atoms. The molecule has 3 aliphatic rings. The number of allylic oxidation sites excluding steroid dienone is 5. The fourth-order valence-electron chi connectivity index (χ4n) is 5.99. The summed E-state index contributed by atoms with van der Waals surface area (Å²) in [5, 5.41) is 78.3. The van der Waals surface area contributed by atoms with Crippen LogP contribution in [0.5, 0.6) is 11.5 Å². The van der Waals surface area contributed by atoms with Crippen LogP contribution in [0, 0.1) is 36.5 Å². The summed E-state index contributed by atoms with van der Waals surface area (Å²) in [6.07, 6.45) is 2.41. The molecule has 0 saturated heterocycles. The number of aliphatic hydroxyl groups excluding tert-OH is 5. The molecule has 0 aromatic heterocycles. The highest BCUT2D eigenvalue weighted by Gasteiger charge is 2.39. The summed E-state index contributed by atoms with van der Waals surface area (Å²) in [5.41, 5.74) is -2.63. The lowest BCUT2D eigenvalue weighted by Crippen LogP contribution is -2.46. The first kappa shape index (κ1) is 36.5. The summed E-state index contributed by atoms with van der Waals surface area (Å²) in [6, 6.07) is 0. The van der Waals surface area contributed by atoms with E-state index in [2.05, 4.69) is 5.32 Å². The second-order valence-electron chi connectivity index (χ2n) is 12.4. The van der Waals surface area contributed by atoms with Crippen molar-refractivity contribution in [2.24, 2.45) is 29.6 Å². The van der Waals surface area contributed by atoms with Crippen molar-refractivity contribution in [2.45, 2.75) is 66.0 Å². The zero-order valence-corrected chi connectivity index (χ0v) is 26.6. The SMILES string of the molecule is CC1=CC(CO)[C@H](O)[C@@H](C)[C@@H](O)[C@H](C)[C@H](O)[C@H](C)[C@@H](O)[C@@H](C)C=CC=CC(=O)NC2=CC(=O)c3c(c(O)c(C)c(O)c3C2=O)C1=O. The van der Waals surface area contributed by atoms with Gasteiger partial charge in [0.2, 0.25) is 11.7 Å². The molecular formula is C34H43NO11. The Morgan fingerprint density at radius 1 is 0.717 bits per heavy atom. The summed E-state index contributed by atoms with van der Waals surface area (Å²) >= 11 is 0. The van der Waals surface area contributed by atoms with Crippen molar-refractivity contribution in [3.63, 3.8) is 0 Å². The van der Waals surface area contributed by atoms with E-state index in [0.29, 0.717) is 0 Å². The number of benzene rings is 1. The molecule has 0 saturated carbocycles. The molecule has 2 aliphatic heterocycles. The monoisotopic (exact) mass is 641 g/mol. The number of ketones is 3. The molecule has 2 heterocycles. The molecule has 4 bridgehead atoms. The minimum Gasteiger partial charge on any atom is -0.507 e. The Kier molecular flexibility index (Phi) is 11.6. The maximum atomic E-state index is 13.7. The molecule has 0 radical (unpaired) electrons. The van der Waals surface area contributed by atoms with E-state index < -0.39 is 118 Å². The van der Waals surface area contributed by atoms with Crippen LogP contribution in [0.4, 0.5) is 0 Å². The van der Waals surface area contributed by atoms with E-state index in [4.69, 9.17) is 0 Å². The van der Waals surface area contributed by atoms with Gasteiger partial charge in [-0.15, -0.1) is 0 Å². The van der Waals surface area contributed by atoms with Crippen LogP contribution >= 0.6 is 0 Å². The molecule has 1 aromatic rings. The molecule has 250 valence electrons. The molecule has 4 rings (SSSR count). The van der Waals surface area contributed by atoms with Crippen LogP contribution in [-0.2, 0) is 4.79 Å². The first-order valence-corrected chi connectivity index (χ1v) is 15.1. The Bertz CT molecular complexity index is 1520. The Labute approximate surface area is 267 Å². The number of amides is 1. The van der Waals surface area contributed by atoms with Crippen LogP contribution in [0.2, 0.25) is 0 Å². The number of aromatic hydroxyl groups is 2. The van der Waals surface area contributed by atoms with E-state index in [0.717, 1.165) is 12.2 Å². The first-order chi connectivity index (χ1) is 21.5. The number of hydrogen-bond donors (Lipinski definition) is 8. The van der Waals surface area contributed by atoms with Crippen molar-refractivity contribution < 1.29 is 54.9 Å². The first-order valence-electron chi connectivity index (χ1n) is 15.1. The molecular weight excluding hydrogens is 598 g/mol. The van der Waals surface area contributed by atoms with Gasteiger partial charge in [0.15, 0.2) is 11.6 Å². The van der Waals surface area contributed by atoms with E-state index in [9.17, 15) is 54.9 Å². The van der Waals surface area contributed by atoms with Gasteiger partial charge in [0.25, 0.3) is 0 Å². The normalized spacial score (nSPS) is 31.8. The van der Waals surface area contributed by atoms with Crippen LogP contribution in [0.3, 0.4) is 0 Å². The van der Waals surface area contributed by atoms with Gasteiger partial charge >= 0.3 is 0 Å². The molecule has 9 atom stereocenters. The highest BCUT2D eigenvalue weighted by molar-refractivity contribution is 6.31. The number of aliphatic hydroxyl groups is 5. The number of rotatable bonds is 1. The van der Waals surface area contributed by atoms with Crippen molar-refractivity contribution in [3.05, 3.63) is 70.0 Å². The Morgan fingerprint density at radius 3 is 1.80 bits per heavy atom. The number of phenolic OH excluding ortho intramolecular Hbond substituents is 2. The van der Waals surface area contributed by atoms with Gasteiger partial charge < -0.3 is 41.1 Å². The van der Waals surface area contributed by atoms with E-state index in [1.807, 2.05) is 0 Å². The third-order valence-corrected chi connectivity index (χ3v) is 9.18. The highest BCUT2D eigenvalue weighted by atomic mass is 16.3. The van der Waals surface area contributed by atoms with Crippen LogP contribution in [-0.4, -0.2) is 90.0 Å². The maximum Gasteiger partial charge on any atom is 0.248 e. The maximum absolute atomic E-state index is 13.7. The fraction of sp³-hybridized carbons (Fsp3) is 0.471. The van der Waals surface area contributed by atoms with E-state index in [1.165, 1.54) is 39.0 Å². The Balaban J connectivity index is 2.20. The molecule has 1 aromatic carbocycles. The van der Waals surface area contributed by atoms with Gasteiger partial charge in [-0.05, 0) is 19.4 Å². The average Bonchev–Trinajstić information content (AvgIpc) is 3.03. The van der Waals surface area contributed by atoms with Gasteiger partial charge in [0.05, 0.1) is 53.4 Å². The molecule has 12 nitrogen and oxygen atoms in total. The van der Waals surface area contributed by atoms with Gasteiger partial charge in [-0.2, -0.15) is 0 Å². The van der Waals surface area contributed by atoms with Gasteiger partial charge in [-0.25, -0.2) is 0 Å². The fourth-order valence-corrected chi connectivity index (χ4v) is 5.99. The third kappa shape index (κ3) is 7.06. The predicted octanol–water partition coefficient (Wildman–Crippen LogP) is 1.64. The summed E-state index contributed by atoms with van der Waals surface area (Å²) in [7, 11) is 0. The van der Waals surface area contributed by atoms with Crippen LogP contribution in [0.15, 0.2) is 47.7 Å². The smallest absolute Gasteiger partial charge is 0.248 e. The standard InChI is InChI=1S/C34H43NO11/c1-14-9-7-8-10-23(38)35-21-12-22(37)24-25(32(44)19(6)33(45)26(24)34(21)46)28(40)15(2)11-20(13-36)31(43)18(5)30(42)17(4)29(41)16(3)27(14)39/h7-12,14,16-18,20,27,29-31,36,39,41-45H,13H2,1-6H3,(H,35,38)/t14-,16+,17+,18-,20?,27-,29+,30-,31+/m0/s1. The second kappa shape index (κ2) is 14.7. The quantitative estimate of drug-likeness (QED) is 0.220. The number of hydrogen-bond acceptors (Lipinski definition) is 11. The van der Waals surface area contributed by atoms with Crippen LogP contribution < -0.4 is 5.32 Å². The van der Waals surface area contributed by atoms with Gasteiger partial charge in [-0.1, -0.05) is 52.0 Å². The Morgan fingerprint density at radius 2 is 1.24 bits per heavy atom. The van der Waals surface area contributed by atoms with E-state index >= 15 is 0 Å². The number of Topliss-reactive ketones (excluding diaryl/α,β-unsaturated/α-hetero) is 2. The number of nitrogens with one attached hydrogen (secondary N) is 1. The highest BCUT2D eigenvalue weighted by Crippen LogP contribution is 2.41. The van der Waals surface area contributed by atoms with Crippen molar-refractivity contribution >= 4 is 23.3 Å². The number of carbonyl (C=O) groups is 4. The van der Waals surface area contributed by atoms with Crippen molar-refractivity contribution in [2.75, 3.05) is 6.61 Å². The number of carbonyl (C=O) groups excluding carboxylic acids is 4. The molecule has 12 heteroatoms. The minimum absolute atomic E-state index is 0.138. The summed E-state index contributed by atoms with van der Waals surface area (Å²) in [6.45, 7) is 8.21. The molecule has 0 spiro atoms.